The van der Waals surface area contributed by atoms with Gasteiger partial charge in [0, 0.05) is 6.08 Å². The molecule has 0 saturated heterocycles. The molecular weight excluding hydrogens is 188 g/mol. The number of hydrogen-bond acceptors (Lipinski definition) is 2. The van der Waals surface area contributed by atoms with Gasteiger partial charge < -0.3 is 4.74 Å². The standard InChI is InChI=1S/C13H16O2/c1-3-6-11-7-5-8-12(9-11)10-15-13(14)4-2/h4-5,7-9H,2-3,6,10H2,1H3. The van der Waals surface area contributed by atoms with Gasteiger partial charge in [-0.3, -0.25) is 0 Å². The second-order valence-corrected chi connectivity index (χ2v) is 3.38. The molecule has 0 amide bonds. The summed E-state index contributed by atoms with van der Waals surface area (Å²) in [5, 5.41) is 0. The van der Waals surface area contributed by atoms with E-state index in [1.54, 1.807) is 0 Å². The Hall–Kier alpha value is -1.57. The number of ether oxygens (including phenoxy) is 1. The summed E-state index contributed by atoms with van der Waals surface area (Å²) >= 11 is 0. The minimum absolute atomic E-state index is 0.322. The SMILES string of the molecule is C=CC(=O)OCc1cccc(CCC)c1. The maximum absolute atomic E-state index is 10.9. The largest absolute Gasteiger partial charge is 0.458 e. The second kappa shape index (κ2) is 6.02. The molecule has 80 valence electrons. The highest BCUT2D eigenvalue weighted by molar-refractivity contribution is 5.81. The lowest BCUT2D eigenvalue weighted by Gasteiger charge is -2.04. The summed E-state index contributed by atoms with van der Waals surface area (Å²) < 4.78 is 4.95. The summed E-state index contributed by atoms with van der Waals surface area (Å²) in [6.45, 7) is 5.81. The molecule has 1 aromatic rings. The first-order valence-corrected chi connectivity index (χ1v) is 5.13. The van der Waals surface area contributed by atoms with Gasteiger partial charge in [-0.1, -0.05) is 44.2 Å². The van der Waals surface area contributed by atoms with Crippen LogP contribution < -0.4 is 0 Å². The molecule has 0 atom stereocenters. The molecule has 0 N–H and O–H groups in total. The van der Waals surface area contributed by atoms with Gasteiger partial charge >= 0.3 is 5.97 Å². The molecule has 1 aromatic carbocycles. The van der Waals surface area contributed by atoms with Crippen molar-refractivity contribution in [3.63, 3.8) is 0 Å². The molecule has 0 unspecified atom stereocenters. The van der Waals surface area contributed by atoms with Crippen LogP contribution in [0.1, 0.15) is 24.5 Å². The van der Waals surface area contributed by atoms with Crippen molar-refractivity contribution < 1.29 is 9.53 Å². The summed E-state index contributed by atoms with van der Waals surface area (Å²) in [7, 11) is 0. The predicted octanol–water partition coefficient (Wildman–Crippen LogP) is 2.87. The normalized spacial score (nSPS) is 9.67. The summed E-state index contributed by atoms with van der Waals surface area (Å²) in [6, 6.07) is 8.10. The van der Waals surface area contributed by atoms with Crippen molar-refractivity contribution in [3.8, 4) is 0 Å². The molecule has 0 bridgehead atoms. The van der Waals surface area contributed by atoms with Crippen LogP contribution >= 0.6 is 0 Å². The highest BCUT2D eigenvalue weighted by atomic mass is 16.5. The molecule has 2 heteroatoms. The minimum Gasteiger partial charge on any atom is -0.458 e. The van der Waals surface area contributed by atoms with Crippen molar-refractivity contribution in [2.24, 2.45) is 0 Å². The summed E-state index contributed by atoms with van der Waals surface area (Å²) in [6.07, 6.45) is 3.36. The Kier molecular flexibility index (Phi) is 4.61. The van der Waals surface area contributed by atoms with Crippen LogP contribution in [0.3, 0.4) is 0 Å². The van der Waals surface area contributed by atoms with Crippen LogP contribution in [0.5, 0.6) is 0 Å². The van der Waals surface area contributed by atoms with E-state index < -0.39 is 0 Å². The molecule has 1 rings (SSSR count). The number of rotatable bonds is 5. The minimum atomic E-state index is -0.379. The van der Waals surface area contributed by atoms with Gasteiger partial charge in [0.2, 0.25) is 0 Å². The van der Waals surface area contributed by atoms with Crippen LogP contribution in [0.2, 0.25) is 0 Å². The van der Waals surface area contributed by atoms with Crippen molar-refractivity contribution in [3.05, 3.63) is 48.0 Å². The molecule has 0 aliphatic heterocycles. The van der Waals surface area contributed by atoms with Gasteiger partial charge in [-0.15, -0.1) is 0 Å². The average molecular weight is 204 g/mol. The Morgan fingerprint density at radius 1 is 1.47 bits per heavy atom. The van der Waals surface area contributed by atoms with Gasteiger partial charge in [-0.25, -0.2) is 4.79 Å². The zero-order valence-electron chi connectivity index (χ0n) is 9.03. The number of hydrogen-bond donors (Lipinski definition) is 0. The van der Waals surface area contributed by atoms with E-state index in [2.05, 4.69) is 25.6 Å². The summed E-state index contributed by atoms with van der Waals surface area (Å²) in [5.74, 6) is -0.379. The third-order valence-electron chi connectivity index (χ3n) is 2.08. The van der Waals surface area contributed by atoms with Gasteiger partial charge in [0.1, 0.15) is 6.61 Å². The lowest BCUT2D eigenvalue weighted by molar-refractivity contribution is -0.138. The van der Waals surface area contributed by atoms with Crippen LogP contribution in [0.15, 0.2) is 36.9 Å². The molecule has 0 saturated carbocycles. The van der Waals surface area contributed by atoms with Crippen molar-refractivity contribution in [1.29, 1.82) is 0 Å². The van der Waals surface area contributed by atoms with Crippen LogP contribution in [0.4, 0.5) is 0 Å². The van der Waals surface area contributed by atoms with Gasteiger partial charge in [-0.2, -0.15) is 0 Å². The van der Waals surface area contributed by atoms with E-state index in [0.29, 0.717) is 6.61 Å². The van der Waals surface area contributed by atoms with Gasteiger partial charge in [-0.05, 0) is 17.5 Å². The third-order valence-corrected chi connectivity index (χ3v) is 2.08. The molecule has 0 spiro atoms. The first-order chi connectivity index (χ1) is 7.26. The first kappa shape index (κ1) is 11.5. The van der Waals surface area contributed by atoms with Gasteiger partial charge in [0.15, 0.2) is 0 Å². The fourth-order valence-corrected chi connectivity index (χ4v) is 1.38. The third kappa shape index (κ3) is 3.98. The van der Waals surface area contributed by atoms with E-state index in [-0.39, 0.29) is 5.97 Å². The number of aryl methyl sites for hydroxylation is 1. The Labute approximate surface area is 90.6 Å². The number of esters is 1. The maximum Gasteiger partial charge on any atom is 0.330 e. The van der Waals surface area contributed by atoms with Crippen LogP contribution in [-0.2, 0) is 22.6 Å². The van der Waals surface area contributed by atoms with Gasteiger partial charge in [0.05, 0.1) is 0 Å². The van der Waals surface area contributed by atoms with E-state index in [0.717, 1.165) is 18.4 Å². The van der Waals surface area contributed by atoms with Crippen molar-refractivity contribution in [2.75, 3.05) is 0 Å². The zero-order valence-corrected chi connectivity index (χ0v) is 9.03. The molecule has 0 aliphatic carbocycles. The number of carbonyl (C=O) groups is 1. The first-order valence-electron chi connectivity index (χ1n) is 5.13. The summed E-state index contributed by atoms with van der Waals surface area (Å²) in [5.41, 5.74) is 2.31. The van der Waals surface area contributed by atoms with E-state index in [9.17, 15) is 4.79 Å². The lowest BCUT2D eigenvalue weighted by atomic mass is 10.1. The molecule has 0 aromatic heterocycles. The Morgan fingerprint density at radius 2 is 2.20 bits per heavy atom. The molecule has 0 fully saturated rings. The topological polar surface area (TPSA) is 26.3 Å². The second-order valence-electron chi connectivity index (χ2n) is 3.38. The highest BCUT2D eigenvalue weighted by Crippen LogP contribution is 2.08. The van der Waals surface area contributed by atoms with Crippen molar-refractivity contribution in [1.82, 2.24) is 0 Å². The number of benzene rings is 1. The molecule has 0 aliphatic rings. The smallest absolute Gasteiger partial charge is 0.330 e. The molecule has 0 heterocycles. The summed E-state index contributed by atoms with van der Waals surface area (Å²) in [4.78, 5) is 10.9. The van der Waals surface area contributed by atoms with E-state index >= 15 is 0 Å². The molecule has 0 radical (unpaired) electrons. The number of carbonyl (C=O) groups excluding carboxylic acids is 1. The quantitative estimate of drug-likeness (QED) is 0.544. The maximum atomic E-state index is 10.9. The lowest BCUT2D eigenvalue weighted by Crippen LogP contribution is -2.00. The molecular formula is C13H16O2. The van der Waals surface area contributed by atoms with E-state index in [1.807, 2.05) is 12.1 Å². The van der Waals surface area contributed by atoms with Crippen molar-refractivity contribution in [2.45, 2.75) is 26.4 Å². The fraction of sp³-hybridized carbons (Fsp3) is 0.308. The van der Waals surface area contributed by atoms with Crippen LogP contribution in [0, 0.1) is 0 Å². The Bertz CT molecular complexity index is 342. The van der Waals surface area contributed by atoms with Crippen LogP contribution in [0.25, 0.3) is 0 Å². The Morgan fingerprint density at radius 3 is 2.87 bits per heavy atom. The van der Waals surface area contributed by atoms with E-state index in [1.165, 1.54) is 11.6 Å². The Balaban J connectivity index is 2.57. The average Bonchev–Trinajstić information content (AvgIpc) is 2.27. The highest BCUT2D eigenvalue weighted by Gasteiger charge is 1.98. The predicted molar refractivity (Wildman–Crippen MR) is 60.4 cm³/mol. The van der Waals surface area contributed by atoms with Crippen LogP contribution in [-0.4, -0.2) is 5.97 Å². The van der Waals surface area contributed by atoms with E-state index in [4.69, 9.17) is 4.74 Å². The van der Waals surface area contributed by atoms with Gasteiger partial charge in [0.25, 0.3) is 0 Å². The zero-order chi connectivity index (χ0) is 11.1. The fourth-order valence-electron chi connectivity index (χ4n) is 1.38. The molecule has 15 heavy (non-hydrogen) atoms. The van der Waals surface area contributed by atoms with Crippen molar-refractivity contribution >= 4 is 5.97 Å². The molecule has 2 nitrogen and oxygen atoms in total. The monoisotopic (exact) mass is 204 g/mol.